The Morgan fingerprint density at radius 1 is 1.24 bits per heavy atom. The second kappa shape index (κ2) is 6.14. The van der Waals surface area contributed by atoms with Gasteiger partial charge in [-0.2, -0.15) is 0 Å². The van der Waals surface area contributed by atoms with E-state index < -0.39 is 0 Å². The molecule has 0 saturated carbocycles. The van der Waals surface area contributed by atoms with Crippen molar-refractivity contribution in [2.45, 2.75) is 25.8 Å². The number of hydrogen-bond donors (Lipinski definition) is 2. The highest BCUT2D eigenvalue weighted by Crippen LogP contribution is 2.24. The van der Waals surface area contributed by atoms with E-state index in [0.717, 1.165) is 22.9 Å². The highest BCUT2D eigenvalue weighted by Gasteiger charge is 2.29. The maximum Gasteiger partial charge on any atom is 0.322 e. The van der Waals surface area contributed by atoms with Gasteiger partial charge in [0.2, 0.25) is 0 Å². The molecule has 0 heterocycles. The molecule has 0 saturated heterocycles. The quantitative estimate of drug-likeness (QED) is 0.904. The predicted octanol–water partition coefficient (Wildman–Crippen LogP) is 3.43. The fraction of sp³-hybridized carbons (Fsp3) is 0.353. The smallest absolute Gasteiger partial charge is 0.322 e. The van der Waals surface area contributed by atoms with Crippen LogP contribution in [0.3, 0.4) is 0 Å². The van der Waals surface area contributed by atoms with Crippen LogP contribution >= 0.6 is 0 Å². The van der Waals surface area contributed by atoms with Gasteiger partial charge in [0.15, 0.2) is 0 Å². The van der Waals surface area contributed by atoms with Crippen LogP contribution in [0.15, 0.2) is 42.5 Å². The molecule has 0 fully saturated rings. The molecule has 0 radical (unpaired) electrons. The lowest BCUT2D eigenvalue weighted by Crippen LogP contribution is -2.53. The van der Waals surface area contributed by atoms with Gasteiger partial charge in [-0.3, -0.25) is 0 Å². The molecule has 1 unspecified atom stereocenters. The minimum atomic E-state index is -0.339. The fourth-order valence-electron chi connectivity index (χ4n) is 2.30. The maximum absolute atomic E-state index is 12.5. The second-order valence-electron chi connectivity index (χ2n) is 5.57. The van der Waals surface area contributed by atoms with Gasteiger partial charge in [0.25, 0.3) is 0 Å². The molecule has 0 aliphatic heterocycles. The van der Waals surface area contributed by atoms with Crippen molar-refractivity contribution >= 4 is 22.5 Å². The highest BCUT2D eigenvalue weighted by atomic mass is 16.2. The van der Waals surface area contributed by atoms with Crippen molar-refractivity contribution in [3.8, 4) is 0 Å². The van der Waals surface area contributed by atoms with Crippen molar-refractivity contribution < 1.29 is 4.79 Å². The van der Waals surface area contributed by atoms with Gasteiger partial charge in [0.1, 0.15) is 0 Å². The van der Waals surface area contributed by atoms with Crippen molar-refractivity contribution in [2.75, 3.05) is 18.9 Å². The summed E-state index contributed by atoms with van der Waals surface area (Å²) in [6.07, 6.45) is 0.808. The van der Waals surface area contributed by atoms with Gasteiger partial charge < -0.3 is 16.0 Å². The summed E-state index contributed by atoms with van der Waals surface area (Å²) >= 11 is 0. The normalized spacial score (nSPS) is 13.7. The van der Waals surface area contributed by atoms with Crippen LogP contribution in [0.5, 0.6) is 0 Å². The summed E-state index contributed by atoms with van der Waals surface area (Å²) in [7, 11) is 1.79. The molecule has 0 aliphatic carbocycles. The van der Waals surface area contributed by atoms with Gasteiger partial charge in [-0.05, 0) is 24.8 Å². The monoisotopic (exact) mass is 285 g/mol. The molecule has 1 atom stereocenters. The lowest BCUT2D eigenvalue weighted by atomic mass is 9.97. The Balaban J connectivity index is 2.26. The molecular formula is C17H23N3O. The van der Waals surface area contributed by atoms with Crippen molar-refractivity contribution in [3.63, 3.8) is 0 Å². The van der Waals surface area contributed by atoms with Crippen LogP contribution in [0.4, 0.5) is 10.5 Å². The van der Waals surface area contributed by atoms with E-state index in [9.17, 15) is 4.79 Å². The maximum atomic E-state index is 12.5. The van der Waals surface area contributed by atoms with Gasteiger partial charge in [-0.15, -0.1) is 0 Å². The summed E-state index contributed by atoms with van der Waals surface area (Å²) in [4.78, 5) is 14.2. The number of carbonyl (C=O) groups is 1. The minimum absolute atomic E-state index is 0.138. The number of nitrogens with zero attached hydrogens (tertiary/aromatic N) is 1. The zero-order chi connectivity index (χ0) is 15.5. The van der Waals surface area contributed by atoms with Crippen molar-refractivity contribution in [1.82, 2.24) is 4.90 Å². The molecular weight excluding hydrogens is 262 g/mol. The summed E-state index contributed by atoms with van der Waals surface area (Å²) in [6.45, 7) is 4.47. The highest BCUT2D eigenvalue weighted by molar-refractivity contribution is 6.01. The zero-order valence-corrected chi connectivity index (χ0v) is 12.9. The van der Waals surface area contributed by atoms with Crippen LogP contribution in [0, 0.1) is 0 Å². The van der Waals surface area contributed by atoms with Gasteiger partial charge >= 0.3 is 6.03 Å². The topological polar surface area (TPSA) is 58.4 Å². The van der Waals surface area contributed by atoms with Crippen LogP contribution in [-0.4, -0.2) is 30.1 Å². The van der Waals surface area contributed by atoms with E-state index in [2.05, 4.69) is 5.32 Å². The number of anilines is 1. The molecule has 0 aliphatic rings. The third-order valence-corrected chi connectivity index (χ3v) is 4.35. The van der Waals surface area contributed by atoms with Crippen LogP contribution < -0.4 is 11.1 Å². The largest absolute Gasteiger partial charge is 0.328 e. The SMILES string of the molecule is CCC(C)(CN)N(C)C(=O)Nc1cccc2ccccc12. The van der Waals surface area contributed by atoms with Crippen molar-refractivity contribution in [2.24, 2.45) is 5.73 Å². The van der Waals surface area contributed by atoms with Gasteiger partial charge in [-0.25, -0.2) is 4.79 Å². The van der Waals surface area contributed by atoms with Crippen molar-refractivity contribution in [3.05, 3.63) is 42.5 Å². The Hall–Kier alpha value is -2.07. The van der Waals surface area contributed by atoms with E-state index in [1.165, 1.54) is 0 Å². The van der Waals surface area contributed by atoms with Gasteiger partial charge in [-0.1, -0.05) is 43.3 Å². The van der Waals surface area contributed by atoms with Crippen molar-refractivity contribution in [1.29, 1.82) is 0 Å². The van der Waals surface area contributed by atoms with E-state index in [0.29, 0.717) is 6.54 Å². The van der Waals surface area contributed by atoms with Gasteiger partial charge in [0.05, 0.1) is 11.2 Å². The van der Waals surface area contributed by atoms with Crippen LogP contribution in [0.1, 0.15) is 20.3 Å². The number of fused-ring (bicyclic) bond motifs is 1. The number of urea groups is 1. The molecule has 2 aromatic rings. The number of nitrogens with two attached hydrogens (primary N) is 1. The first-order chi connectivity index (χ1) is 10.0. The molecule has 4 nitrogen and oxygen atoms in total. The number of rotatable bonds is 4. The number of amides is 2. The Morgan fingerprint density at radius 2 is 1.90 bits per heavy atom. The molecule has 2 rings (SSSR count). The van der Waals surface area contributed by atoms with Crippen LogP contribution in [0.2, 0.25) is 0 Å². The lowest BCUT2D eigenvalue weighted by Gasteiger charge is -2.37. The fourth-order valence-corrected chi connectivity index (χ4v) is 2.30. The average molecular weight is 285 g/mol. The third-order valence-electron chi connectivity index (χ3n) is 4.35. The summed E-state index contributed by atoms with van der Waals surface area (Å²) in [5.41, 5.74) is 6.30. The third kappa shape index (κ3) is 3.00. The van der Waals surface area contributed by atoms with E-state index >= 15 is 0 Å². The summed E-state index contributed by atoms with van der Waals surface area (Å²) in [5.74, 6) is 0. The number of carbonyl (C=O) groups excluding carboxylic acids is 1. The molecule has 112 valence electrons. The number of nitrogens with one attached hydrogen (secondary N) is 1. The summed E-state index contributed by atoms with van der Waals surface area (Å²) in [6, 6.07) is 13.8. The second-order valence-corrected chi connectivity index (χ2v) is 5.57. The molecule has 0 aromatic heterocycles. The first-order valence-corrected chi connectivity index (χ1v) is 7.24. The Morgan fingerprint density at radius 3 is 2.57 bits per heavy atom. The molecule has 3 N–H and O–H groups in total. The Bertz CT molecular complexity index is 629. The molecule has 2 aromatic carbocycles. The van der Waals surface area contributed by atoms with E-state index in [1.807, 2.05) is 56.3 Å². The van der Waals surface area contributed by atoms with E-state index in [1.54, 1.807) is 11.9 Å². The molecule has 21 heavy (non-hydrogen) atoms. The number of benzene rings is 2. The first-order valence-electron chi connectivity index (χ1n) is 7.24. The Labute approximate surface area is 125 Å². The van der Waals surface area contributed by atoms with Crippen LogP contribution in [-0.2, 0) is 0 Å². The predicted molar refractivity (Wildman–Crippen MR) is 88.5 cm³/mol. The molecule has 2 amide bonds. The molecule has 0 bridgehead atoms. The zero-order valence-electron chi connectivity index (χ0n) is 12.9. The summed E-state index contributed by atoms with van der Waals surface area (Å²) < 4.78 is 0. The van der Waals surface area contributed by atoms with E-state index in [-0.39, 0.29) is 11.6 Å². The summed E-state index contributed by atoms with van der Waals surface area (Å²) in [5, 5.41) is 5.13. The number of hydrogen-bond acceptors (Lipinski definition) is 2. The Kier molecular flexibility index (Phi) is 4.48. The number of likely N-dealkylation sites (N-methyl/N-ethyl adjacent to an activating group) is 1. The van der Waals surface area contributed by atoms with Crippen LogP contribution in [0.25, 0.3) is 10.8 Å². The molecule has 0 spiro atoms. The van der Waals surface area contributed by atoms with E-state index in [4.69, 9.17) is 5.73 Å². The lowest BCUT2D eigenvalue weighted by molar-refractivity contribution is 0.158. The average Bonchev–Trinajstić information content (AvgIpc) is 2.53. The standard InChI is InChI=1S/C17H23N3O/c1-4-17(2,12-18)20(3)16(21)19-15-11-7-9-13-8-5-6-10-14(13)15/h5-11H,4,12,18H2,1-3H3,(H,19,21). The minimum Gasteiger partial charge on any atom is -0.328 e. The molecule has 4 heteroatoms. The first kappa shape index (κ1) is 15.3. The van der Waals surface area contributed by atoms with Gasteiger partial charge in [0, 0.05) is 19.0 Å².